The number of amides is 1. The van der Waals surface area contributed by atoms with Gasteiger partial charge in [0.2, 0.25) is 0 Å². The van der Waals surface area contributed by atoms with Crippen LogP contribution in [0, 0.1) is 0 Å². The first kappa shape index (κ1) is 14.8. The molecule has 2 unspecified atom stereocenters. The van der Waals surface area contributed by atoms with Gasteiger partial charge in [0.15, 0.2) is 0 Å². The van der Waals surface area contributed by atoms with Crippen LogP contribution in [0.5, 0.6) is 0 Å². The van der Waals surface area contributed by atoms with E-state index in [0.29, 0.717) is 5.56 Å². The molecule has 1 amide bonds. The Morgan fingerprint density at radius 2 is 2.05 bits per heavy atom. The number of nitrogens with one attached hydrogen (secondary N) is 1. The molecule has 0 spiro atoms. The van der Waals surface area contributed by atoms with Crippen molar-refractivity contribution in [3.05, 3.63) is 54.1 Å². The highest BCUT2D eigenvalue weighted by atomic mass is 16.3. The lowest BCUT2D eigenvalue weighted by molar-refractivity contribution is 0.0717. The Kier molecular flexibility index (Phi) is 4.53. The fourth-order valence-electron chi connectivity index (χ4n) is 2.88. The molecule has 1 aliphatic rings. The Hall–Kier alpha value is -2.14. The number of hydrogen-bond donors (Lipinski definition) is 2. The highest BCUT2D eigenvalue weighted by Gasteiger charge is 2.24. The molecule has 1 aromatic heterocycles. The van der Waals surface area contributed by atoms with E-state index in [1.165, 1.54) is 0 Å². The molecule has 3 rings (SSSR count). The largest absolute Gasteiger partial charge is 0.391 e. The highest BCUT2D eigenvalue weighted by molar-refractivity contribution is 5.94. The van der Waals surface area contributed by atoms with Gasteiger partial charge in [-0.15, -0.1) is 0 Å². The number of aliphatic hydroxyl groups is 1. The van der Waals surface area contributed by atoms with Crippen LogP contribution in [0.4, 0.5) is 0 Å². The molecule has 2 atom stereocenters. The van der Waals surface area contributed by atoms with Crippen LogP contribution in [-0.4, -0.2) is 32.7 Å². The number of aliphatic hydroxyl groups excluding tert-OH is 1. The lowest BCUT2D eigenvalue weighted by Crippen LogP contribution is -2.45. The maximum atomic E-state index is 12.2. The van der Waals surface area contributed by atoms with Crippen molar-refractivity contribution in [1.29, 1.82) is 0 Å². The second kappa shape index (κ2) is 6.75. The summed E-state index contributed by atoms with van der Waals surface area (Å²) in [7, 11) is 0. The summed E-state index contributed by atoms with van der Waals surface area (Å²) in [5.41, 5.74) is 1.75. The Balaban J connectivity index is 1.60. The van der Waals surface area contributed by atoms with Crippen LogP contribution in [-0.2, 0) is 6.54 Å². The second-order valence-electron chi connectivity index (χ2n) is 5.86. The van der Waals surface area contributed by atoms with Crippen molar-refractivity contribution < 1.29 is 9.90 Å². The minimum atomic E-state index is -0.418. The Labute approximate surface area is 130 Å². The third-order valence-electron chi connectivity index (χ3n) is 4.19. The number of rotatable bonds is 4. The van der Waals surface area contributed by atoms with E-state index < -0.39 is 6.10 Å². The third kappa shape index (κ3) is 3.54. The van der Waals surface area contributed by atoms with Crippen molar-refractivity contribution >= 4 is 5.91 Å². The van der Waals surface area contributed by atoms with Crippen molar-refractivity contribution in [1.82, 2.24) is 14.9 Å². The highest BCUT2D eigenvalue weighted by Crippen LogP contribution is 2.19. The molecule has 1 saturated carbocycles. The lowest BCUT2D eigenvalue weighted by Gasteiger charge is -2.28. The first-order valence-electron chi connectivity index (χ1n) is 7.76. The maximum absolute atomic E-state index is 12.2. The number of benzene rings is 1. The molecule has 0 bridgehead atoms. The summed E-state index contributed by atoms with van der Waals surface area (Å²) in [6.45, 7) is 0.739. The number of nitrogens with zero attached hydrogens (tertiary/aromatic N) is 2. The average Bonchev–Trinajstić information content (AvgIpc) is 3.03. The molecule has 0 radical (unpaired) electrons. The first-order valence-corrected chi connectivity index (χ1v) is 7.76. The number of carbonyl (C=O) groups is 1. The van der Waals surface area contributed by atoms with E-state index in [1.54, 1.807) is 12.5 Å². The van der Waals surface area contributed by atoms with E-state index in [9.17, 15) is 9.90 Å². The van der Waals surface area contributed by atoms with E-state index in [-0.39, 0.29) is 11.9 Å². The van der Waals surface area contributed by atoms with E-state index >= 15 is 0 Å². The summed E-state index contributed by atoms with van der Waals surface area (Å²) < 4.78 is 1.98. The van der Waals surface area contributed by atoms with Gasteiger partial charge >= 0.3 is 0 Å². The van der Waals surface area contributed by atoms with E-state index in [2.05, 4.69) is 10.3 Å². The summed E-state index contributed by atoms with van der Waals surface area (Å²) in [6.07, 6.45) is 8.73. The Bertz CT molecular complexity index is 607. The van der Waals surface area contributed by atoms with E-state index in [4.69, 9.17) is 0 Å². The van der Waals surface area contributed by atoms with Crippen molar-refractivity contribution in [2.75, 3.05) is 0 Å². The molecule has 116 valence electrons. The summed E-state index contributed by atoms with van der Waals surface area (Å²) in [4.78, 5) is 16.3. The Morgan fingerprint density at radius 3 is 2.73 bits per heavy atom. The van der Waals surface area contributed by atoms with E-state index in [0.717, 1.165) is 37.8 Å². The number of imidazole rings is 1. The van der Waals surface area contributed by atoms with Crippen LogP contribution in [0.1, 0.15) is 41.6 Å². The quantitative estimate of drug-likeness (QED) is 0.907. The van der Waals surface area contributed by atoms with Crippen molar-refractivity contribution in [2.24, 2.45) is 0 Å². The summed E-state index contributed by atoms with van der Waals surface area (Å²) >= 11 is 0. The van der Waals surface area contributed by atoms with Gasteiger partial charge in [-0.1, -0.05) is 25.0 Å². The Morgan fingerprint density at radius 1 is 1.27 bits per heavy atom. The normalized spacial score (nSPS) is 21.5. The van der Waals surface area contributed by atoms with Crippen LogP contribution in [0.15, 0.2) is 43.0 Å². The van der Waals surface area contributed by atoms with E-state index in [1.807, 2.05) is 35.0 Å². The third-order valence-corrected chi connectivity index (χ3v) is 4.19. The van der Waals surface area contributed by atoms with Crippen LogP contribution < -0.4 is 5.32 Å². The molecule has 0 aliphatic heterocycles. The van der Waals surface area contributed by atoms with Crippen molar-refractivity contribution in [3.8, 4) is 0 Å². The molecule has 5 heteroatoms. The van der Waals surface area contributed by atoms with Gasteiger partial charge in [0.1, 0.15) is 0 Å². The molecule has 2 aromatic rings. The molecular weight excluding hydrogens is 278 g/mol. The van der Waals surface area contributed by atoms with Gasteiger partial charge in [-0.25, -0.2) is 4.98 Å². The average molecular weight is 299 g/mol. The van der Waals surface area contributed by atoms with Crippen LogP contribution in [0.25, 0.3) is 0 Å². The number of aromatic nitrogens is 2. The molecule has 1 heterocycles. The van der Waals surface area contributed by atoms with Crippen LogP contribution in [0.2, 0.25) is 0 Å². The smallest absolute Gasteiger partial charge is 0.251 e. The van der Waals surface area contributed by atoms with Crippen LogP contribution in [0.3, 0.4) is 0 Å². The molecule has 1 fully saturated rings. The topological polar surface area (TPSA) is 67.2 Å². The first-order chi connectivity index (χ1) is 10.7. The van der Waals surface area contributed by atoms with Crippen LogP contribution >= 0.6 is 0 Å². The predicted octanol–water partition coefficient (Wildman–Crippen LogP) is 1.96. The van der Waals surface area contributed by atoms with Gasteiger partial charge in [0.25, 0.3) is 5.91 Å². The summed E-state index contributed by atoms with van der Waals surface area (Å²) in [5.74, 6) is -0.111. The molecule has 1 aliphatic carbocycles. The maximum Gasteiger partial charge on any atom is 0.251 e. The SMILES string of the molecule is O=C(NC1CCCCC1O)c1ccc(Cn2ccnc2)cc1. The lowest BCUT2D eigenvalue weighted by atomic mass is 9.92. The number of carbonyl (C=O) groups excluding carboxylic acids is 1. The van der Waals surface area contributed by atoms with Gasteiger partial charge in [-0.3, -0.25) is 4.79 Å². The molecule has 2 N–H and O–H groups in total. The summed E-state index contributed by atoms with van der Waals surface area (Å²) in [6, 6.07) is 7.44. The summed E-state index contributed by atoms with van der Waals surface area (Å²) in [5, 5.41) is 12.9. The monoisotopic (exact) mass is 299 g/mol. The van der Waals surface area contributed by atoms with Gasteiger partial charge in [-0.05, 0) is 30.5 Å². The molecule has 22 heavy (non-hydrogen) atoms. The zero-order chi connectivity index (χ0) is 15.4. The molecular formula is C17H21N3O2. The zero-order valence-electron chi connectivity index (χ0n) is 12.5. The van der Waals surface area contributed by atoms with Gasteiger partial charge < -0.3 is 15.0 Å². The fourth-order valence-corrected chi connectivity index (χ4v) is 2.88. The minimum absolute atomic E-state index is 0.111. The fraction of sp³-hybridized carbons (Fsp3) is 0.412. The predicted molar refractivity (Wildman–Crippen MR) is 83.5 cm³/mol. The van der Waals surface area contributed by atoms with Gasteiger partial charge in [0, 0.05) is 24.5 Å². The zero-order valence-corrected chi connectivity index (χ0v) is 12.5. The number of hydrogen-bond acceptors (Lipinski definition) is 3. The molecule has 5 nitrogen and oxygen atoms in total. The van der Waals surface area contributed by atoms with Gasteiger partial charge in [-0.2, -0.15) is 0 Å². The van der Waals surface area contributed by atoms with Gasteiger partial charge in [0.05, 0.1) is 18.5 Å². The molecule has 0 saturated heterocycles. The minimum Gasteiger partial charge on any atom is -0.391 e. The standard InChI is InChI=1S/C17H21N3O2/c21-16-4-2-1-3-15(16)19-17(22)14-7-5-13(6-8-14)11-20-10-9-18-12-20/h5-10,12,15-16,21H,1-4,11H2,(H,19,22). The molecule has 1 aromatic carbocycles. The van der Waals surface area contributed by atoms with Crippen molar-refractivity contribution in [3.63, 3.8) is 0 Å². The van der Waals surface area contributed by atoms with Crippen molar-refractivity contribution in [2.45, 2.75) is 44.4 Å². The second-order valence-corrected chi connectivity index (χ2v) is 5.86.